The molecule has 1 aromatic carbocycles. The molecule has 0 saturated heterocycles. The monoisotopic (exact) mass is 241 g/mol. The van der Waals surface area contributed by atoms with Crippen LogP contribution in [0.4, 0.5) is 5.69 Å². The topological polar surface area (TPSA) is 51.5 Å². The number of hydrogen-bond donors (Lipinski definition) is 1. The van der Waals surface area contributed by atoms with Crippen LogP contribution in [0.25, 0.3) is 0 Å². The van der Waals surface area contributed by atoms with Crippen LogP contribution in [0.2, 0.25) is 0 Å². The van der Waals surface area contributed by atoms with E-state index in [9.17, 15) is 4.79 Å². The molecule has 4 heteroatoms. The zero-order valence-electron chi connectivity index (χ0n) is 9.55. The molecule has 1 heterocycles. The van der Waals surface area contributed by atoms with Crippen molar-refractivity contribution in [3.63, 3.8) is 0 Å². The molecule has 1 amide bonds. The molecule has 18 heavy (non-hydrogen) atoms. The number of carbonyl (C=O) groups is 1. The maximum Gasteiger partial charge on any atom is 0.258 e. The minimum absolute atomic E-state index is 0.221. The van der Waals surface area contributed by atoms with Crippen LogP contribution in [-0.2, 0) is 0 Å². The van der Waals surface area contributed by atoms with Crippen molar-refractivity contribution in [1.29, 1.82) is 0 Å². The Morgan fingerprint density at radius 3 is 2.72 bits per heavy atom. The molecule has 1 aromatic heterocycles. The van der Waals surface area contributed by atoms with Crippen LogP contribution in [0.3, 0.4) is 0 Å². The highest BCUT2D eigenvalue weighted by Crippen LogP contribution is 2.16. The third-order valence-electron chi connectivity index (χ3n) is 2.22. The van der Waals surface area contributed by atoms with E-state index in [2.05, 4.69) is 11.2 Å². The first-order valence-electron chi connectivity index (χ1n) is 5.29. The van der Waals surface area contributed by atoms with Gasteiger partial charge in [-0.05, 0) is 30.3 Å². The Labute approximate surface area is 105 Å². The Kier molecular flexibility index (Phi) is 3.67. The molecule has 1 N–H and O–H groups in total. The molecular weight excluding hydrogens is 230 g/mol. The highest BCUT2D eigenvalue weighted by molar-refractivity contribution is 6.03. The molecule has 0 saturated carbocycles. The van der Waals surface area contributed by atoms with Crippen molar-refractivity contribution in [1.82, 2.24) is 0 Å². The van der Waals surface area contributed by atoms with E-state index in [1.807, 2.05) is 0 Å². The molecule has 0 aliphatic heterocycles. The second kappa shape index (κ2) is 5.60. The van der Waals surface area contributed by atoms with Gasteiger partial charge in [-0.15, -0.1) is 6.42 Å². The van der Waals surface area contributed by atoms with E-state index in [1.165, 1.54) is 12.5 Å². The molecule has 0 spiro atoms. The van der Waals surface area contributed by atoms with Gasteiger partial charge in [-0.2, -0.15) is 0 Å². The Balaban J connectivity index is 1.98. The number of amides is 1. The van der Waals surface area contributed by atoms with E-state index in [0.29, 0.717) is 17.0 Å². The molecule has 90 valence electrons. The summed E-state index contributed by atoms with van der Waals surface area (Å²) in [5.41, 5.74) is 1.15. The minimum Gasteiger partial charge on any atom is -0.481 e. The van der Waals surface area contributed by atoms with Crippen LogP contribution in [0.15, 0.2) is 47.3 Å². The maximum absolute atomic E-state index is 11.7. The smallest absolute Gasteiger partial charge is 0.258 e. The van der Waals surface area contributed by atoms with E-state index in [4.69, 9.17) is 15.6 Å². The Hall–Kier alpha value is -2.67. The SMILES string of the molecule is C#CCOc1ccc(NC(=O)c2ccoc2)cc1. The zero-order valence-corrected chi connectivity index (χ0v) is 9.55. The highest BCUT2D eigenvalue weighted by atomic mass is 16.5. The van der Waals surface area contributed by atoms with Crippen molar-refractivity contribution in [2.75, 3.05) is 11.9 Å². The van der Waals surface area contributed by atoms with Crippen molar-refractivity contribution in [2.45, 2.75) is 0 Å². The average Bonchev–Trinajstić information content (AvgIpc) is 2.92. The number of benzene rings is 1. The fourth-order valence-electron chi connectivity index (χ4n) is 1.36. The van der Waals surface area contributed by atoms with Crippen LogP contribution < -0.4 is 10.1 Å². The summed E-state index contributed by atoms with van der Waals surface area (Å²) < 4.78 is 10.1. The van der Waals surface area contributed by atoms with Gasteiger partial charge in [0, 0.05) is 5.69 Å². The summed E-state index contributed by atoms with van der Waals surface area (Å²) in [5.74, 6) is 2.82. The van der Waals surface area contributed by atoms with Gasteiger partial charge in [-0.3, -0.25) is 4.79 Å². The van der Waals surface area contributed by atoms with Gasteiger partial charge in [0.1, 0.15) is 18.6 Å². The van der Waals surface area contributed by atoms with E-state index in [1.54, 1.807) is 30.3 Å². The van der Waals surface area contributed by atoms with E-state index in [-0.39, 0.29) is 12.5 Å². The lowest BCUT2D eigenvalue weighted by Gasteiger charge is -2.05. The molecule has 0 radical (unpaired) electrons. The summed E-state index contributed by atoms with van der Waals surface area (Å²) >= 11 is 0. The molecule has 2 rings (SSSR count). The summed E-state index contributed by atoms with van der Waals surface area (Å²) in [7, 11) is 0. The van der Waals surface area contributed by atoms with Crippen LogP contribution in [0.5, 0.6) is 5.75 Å². The van der Waals surface area contributed by atoms with Gasteiger partial charge in [-0.25, -0.2) is 0 Å². The largest absolute Gasteiger partial charge is 0.481 e. The fraction of sp³-hybridized carbons (Fsp3) is 0.0714. The molecule has 4 nitrogen and oxygen atoms in total. The van der Waals surface area contributed by atoms with E-state index in [0.717, 1.165) is 0 Å². The van der Waals surface area contributed by atoms with Crippen LogP contribution in [-0.4, -0.2) is 12.5 Å². The quantitative estimate of drug-likeness (QED) is 0.837. The van der Waals surface area contributed by atoms with Gasteiger partial charge in [0.25, 0.3) is 5.91 Å². The van der Waals surface area contributed by atoms with Crippen molar-refractivity contribution >= 4 is 11.6 Å². The third-order valence-corrected chi connectivity index (χ3v) is 2.22. The highest BCUT2D eigenvalue weighted by Gasteiger charge is 2.06. The molecule has 0 atom stereocenters. The Morgan fingerprint density at radius 1 is 1.33 bits per heavy atom. The molecular formula is C14H11NO3. The van der Waals surface area contributed by atoms with Gasteiger partial charge in [0.2, 0.25) is 0 Å². The van der Waals surface area contributed by atoms with Gasteiger partial charge < -0.3 is 14.5 Å². The summed E-state index contributed by atoms with van der Waals surface area (Å²) in [6.07, 6.45) is 7.92. The Bertz CT molecular complexity index is 550. The molecule has 0 bridgehead atoms. The van der Waals surface area contributed by atoms with Crippen molar-refractivity contribution in [3.05, 3.63) is 48.4 Å². The zero-order chi connectivity index (χ0) is 12.8. The molecule has 0 unspecified atom stereocenters. The van der Waals surface area contributed by atoms with Crippen LogP contribution in [0, 0.1) is 12.3 Å². The second-order valence-corrected chi connectivity index (χ2v) is 3.48. The molecule has 2 aromatic rings. The van der Waals surface area contributed by atoms with E-state index < -0.39 is 0 Å². The number of nitrogens with one attached hydrogen (secondary N) is 1. The number of rotatable bonds is 4. The standard InChI is InChI=1S/C14H11NO3/c1-2-8-18-13-5-3-12(4-6-13)15-14(16)11-7-9-17-10-11/h1,3-7,9-10H,8H2,(H,15,16). The van der Waals surface area contributed by atoms with Crippen molar-refractivity contribution in [2.24, 2.45) is 0 Å². The first-order valence-corrected chi connectivity index (χ1v) is 5.29. The van der Waals surface area contributed by atoms with Gasteiger partial charge in [0.05, 0.1) is 11.8 Å². The lowest BCUT2D eigenvalue weighted by molar-refractivity contribution is 0.102. The van der Waals surface area contributed by atoms with E-state index >= 15 is 0 Å². The average molecular weight is 241 g/mol. The Morgan fingerprint density at radius 2 is 2.11 bits per heavy atom. The lowest BCUT2D eigenvalue weighted by atomic mass is 10.2. The fourth-order valence-corrected chi connectivity index (χ4v) is 1.36. The summed E-state index contributed by atoms with van der Waals surface area (Å²) in [6.45, 7) is 0.223. The number of furan rings is 1. The number of ether oxygens (including phenoxy) is 1. The van der Waals surface area contributed by atoms with Gasteiger partial charge >= 0.3 is 0 Å². The lowest BCUT2D eigenvalue weighted by Crippen LogP contribution is -2.10. The summed E-state index contributed by atoms with van der Waals surface area (Å²) in [4.78, 5) is 11.7. The normalized spacial score (nSPS) is 9.50. The predicted octanol–water partition coefficient (Wildman–Crippen LogP) is 2.54. The summed E-state index contributed by atoms with van der Waals surface area (Å²) in [5, 5.41) is 2.73. The minimum atomic E-state index is -0.221. The van der Waals surface area contributed by atoms with Crippen molar-refractivity contribution < 1.29 is 13.9 Å². The number of hydrogen-bond acceptors (Lipinski definition) is 3. The molecule has 0 aliphatic rings. The van der Waals surface area contributed by atoms with Crippen LogP contribution in [0.1, 0.15) is 10.4 Å². The second-order valence-electron chi connectivity index (χ2n) is 3.48. The predicted molar refractivity (Wildman–Crippen MR) is 67.4 cm³/mol. The van der Waals surface area contributed by atoms with Gasteiger partial charge in [0.15, 0.2) is 0 Å². The molecule has 0 fully saturated rings. The number of terminal acetylenes is 1. The number of carbonyl (C=O) groups excluding carboxylic acids is 1. The van der Waals surface area contributed by atoms with Crippen molar-refractivity contribution in [3.8, 4) is 18.1 Å². The van der Waals surface area contributed by atoms with Crippen LogP contribution >= 0.6 is 0 Å². The summed E-state index contributed by atoms with van der Waals surface area (Å²) in [6, 6.07) is 8.55. The number of anilines is 1. The maximum atomic E-state index is 11.7. The first kappa shape index (κ1) is 11.8. The molecule has 0 aliphatic carbocycles. The van der Waals surface area contributed by atoms with Gasteiger partial charge in [-0.1, -0.05) is 5.92 Å². The third kappa shape index (κ3) is 2.92. The first-order chi connectivity index (χ1) is 8.79.